The highest BCUT2D eigenvalue weighted by Crippen LogP contribution is 2.14. The van der Waals surface area contributed by atoms with Gasteiger partial charge in [0, 0.05) is 63.3 Å². The monoisotopic (exact) mass is 286 g/mol. The Morgan fingerprint density at radius 1 is 1.14 bits per heavy atom. The maximum Gasteiger partial charge on any atom is 0.132 e. The molecule has 0 aliphatic carbocycles. The van der Waals surface area contributed by atoms with Crippen LogP contribution in [0.25, 0.3) is 0 Å². The SMILES string of the molecule is CCc1cc(N2CCN(CCc3ncc[nH]3)CC2)ncn1. The number of aryl methyl sites for hydroxylation is 1. The minimum absolute atomic E-state index is 0.957. The Morgan fingerprint density at radius 2 is 2.00 bits per heavy atom. The van der Waals surface area contributed by atoms with E-state index in [1.165, 1.54) is 0 Å². The first kappa shape index (κ1) is 14.0. The van der Waals surface area contributed by atoms with Gasteiger partial charge in [-0.25, -0.2) is 15.0 Å². The minimum atomic E-state index is 0.957. The Bertz CT molecular complexity index is 545. The van der Waals surface area contributed by atoms with Crippen molar-refractivity contribution in [1.82, 2.24) is 24.8 Å². The molecule has 0 amide bonds. The average molecular weight is 286 g/mol. The average Bonchev–Trinajstić information content (AvgIpc) is 3.07. The first-order chi connectivity index (χ1) is 10.3. The van der Waals surface area contributed by atoms with Gasteiger partial charge >= 0.3 is 0 Å². The molecule has 2 aromatic rings. The highest BCUT2D eigenvalue weighted by Gasteiger charge is 2.18. The van der Waals surface area contributed by atoms with E-state index in [-0.39, 0.29) is 0 Å². The summed E-state index contributed by atoms with van der Waals surface area (Å²) >= 11 is 0. The second kappa shape index (κ2) is 6.67. The van der Waals surface area contributed by atoms with Gasteiger partial charge in [0.15, 0.2) is 0 Å². The van der Waals surface area contributed by atoms with E-state index in [4.69, 9.17) is 0 Å². The first-order valence-corrected chi connectivity index (χ1v) is 7.61. The molecule has 21 heavy (non-hydrogen) atoms. The molecule has 0 atom stereocenters. The Hall–Kier alpha value is -1.95. The summed E-state index contributed by atoms with van der Waals surface area (Å²) in [4.78, 5) is 20.9. The van der Waals surface area contributed by atoms with E-state index < -0.39 is 0 Å². The lowest BCUT2D eigenvalue weighted by Gasteiger charge is -2.35. The summed E-state index contributed by atoms with van der Waals surface area (Å²) in [5.41, 5.74) is 1.11. The standard InChI is InChI=1S/C15H22N6/c1-2-13-11-15(19-12-18-13)21-9-7-20(8-10-21)6-3-14-16-4-5-17-14/h4-5,11-12H,2-3,6-10H2,1H3,(H,16,17). The predicted molar refractivity (Wildman–Crippen MR) is 82.4 cm³/mol. The molecule has 0 saturated carbocycles. The van der Waals surface area contributed by atoms with Crippen LogP contribution in [0.5, 0.6) is 0 Å². The summed E-state index contributed by atoms with van der Waals surface area (Å²) in [6.45, 7) is 7.39. The maximum absolute atomic E-state index is 4.40. The summed E-state index contributed by atoms with van der Waals surface area (Å²) < 4.78 is 0. The van der Waals surface area contributed by atoms with Gasteiger partial charge in [0.2, 0.25) is 0 Å². The number of nitrogens with zero attached hydrogens (tertiary/aromatic N) is 5. The van der Waals surface area contributed by atoms with Crippen LogP contribution < -0.4 is 4.90 Å². The molecule has 3 heterocycles. The summed E-state index contributed by atoms with van der Waals surface area (Å²) in [6.07, 6.45) is 7.32. The van der Waals surface area contributed by atoms with Crippen LogP contribution in [0.1, 0.15) is 18.4 Å². The number of aromatic nitrogens is 4. The third-order valence-electron chi connectivity index (χ3n) is 3.99. The summed E-state index contributed by atoms with van der Waals surface area (Å²) in [5.74, 6) is 2.13. The van der Waals surface area contributed by atoms with E-state index in [1.807, 2.05) is 12.4 Å². The predicted octanol–water partition coefficient (Wildman–Crippen LogP) is 1.13. The maximum atomic E-state index is 4.40. The molecule has 1 aliphatic heterocycles. The van der Waals surface area contributed by atoms with Crippen molar-refractivity contribution in [2.45, 2.75) is 19.8 Å². The Labute approximate surface area is 125 Å². The molecule has 6 heteroatoms. The molecular formula is C15H22N6. The molecule has 0 radical (unpaired) electrons. The molecule has 1 saturated heterocycles. The number of hydrogen-bond donors (Lipinski definition) is 1. The lowest BCUT2D eigenvalue weighted by atomic mass is 10.2. The normalized spacial score (nSPS) is 16.3. The molecule has 0 aromatic carbocycles. The number of imidazole rings is 1. The smallest absolute Gasteiger partial charge is 0.132 e. The Balaban J connectivity index is 1.50. The van der Waals surface area contributed by atoms with Gasteiger partial charge in [0.25, 0.3) is 0 Å². The summed E-state index contributed by atoms with van der Waals surface area (Å²) in [6, 6.07) is 2.11. The quantitative estimate of drug-likeness (QED) is 0.892. The Kier molecular flexibility index (Phi) is 4.45. The van der Waals surface area contributed by atoms with E-state index in [0.717, 1.165) is 62.9 Å². The van der Waals surface area contributed by atoms with E-state index >= 15 is 0 Å². The topological polar surface area (TPSA) is 60.9 Å². The van der Waals surface area contributed by atoms with Crippen LogP contribution in [-0.4, -0.2) is 57.6 Å². The zero-order valence-electron chi connectivity index (χ0n) is 12.5. The van der Waals surface area contributed by atoms with Gasteiger partial charge in [-0.3, -0.25) is 4.90 Å². The van der Waals surface area contributed by atoms with Crippen LogP contribution in [0.15, 0.2) is 24.8 Å². The second-order valence-corrected chi connectivity index (χ2v) is 5.34. The molecular weight excluding hydrogens is 264 g/mol. The lowest BCUT2D eigenvalue weighted by Crippen LogP contribution is -2.47. The molecule has 3 rings (SSSR count). The van der Waals surface area contributed by atoms with Crippen LogP contribution in [-0.2, 0) is 12.8 Å². The molecule has 0 unspecified atom stereocenters. The van der Waals surface area contributed by atoms with Crippen LogP contribution >= 0.6 is 0 Å². The number of piperazine rings is 1. The lowest BCUT2D eigenvalue weighted by molar-refractivity contribution is 0.259. The third-order valence-corrected chi connectivity index (χ3v) is 3.99. The van der Waals surface area contributed by atoms with Crippen molar-refractivity contribution in [3.63, 3.8) is 0 Å². The number of nitrogens with one attached hydrogen (secondary N) is 1. The van der Waals surface area contributed by atoms with Crippen molar-refractivity contribution in [2.24, 2.45) is 0 Å². The van der Waals surface area contributed by atoms with Gasteiger partial charge < -0.3 is 9.88 Å². The van der Waals surface area contributed by atoms with Crippen LogP contribution in [0, 0.1) is 0 Å². The minimum Gasteiger partial charge on any atom is -0.354 e. The molecule has 0 bridgehead atoms. The molecule has 112 valence electrons. The Morgan fingerprint density at radius 3 is 2.71 bits per heavy atom. The van der Waals surface area contributed by atoms with Crippen molar-refractivity contribution < 1.29 is 0 Å². The van der Waals surface area contributed by atoms with E-state index in [2.05, 4.69) is 42.7 Å². The highest BCUT2D eigenvalue weighted by molar-refractivity contribution is 5.39. The summed E-state index contributed by atoms with van der Waals surface area (Å²) in [5, 5.41) is 0. The van der Waals surface area contributed by atoms with Crippen molar-refractivity contribution in [1.29, 1.82) is 0 Å². The highest BCUT2D eigenvalue weighted by atomic mass is 15.3. The number of anilines is 1. The number of rotatable bonds is 5. The van der Waals surface area contributed by atoms with Gasteiger partial charge in [-0.15, -0.1) is 0 Å². The molecule has 1 N–H and O–H groups in total. The zero-order chi connectivity index (χ0) is 14.5. The van der Waals surface area contributed by atoms with Crippen LogP contribution in [0.3, 0.4) is 0 Å². The van der Waals surface area contributed by atoms with Gasteiger partial charge in [-0.2, -0.15) is 0 Å². The van der Waals surface area contributed by atoms with Gasteiger partial charge in [0.1, 0.15) is 18.0 Å². The number of hydrogen-bond acceptors (Lipinski definition) is 5. The number of H-pyrrole nitrogens is 1. The van der Waals surface area contributed by atoms with Crippen molar-refractivity contribution in [2.75, 3.05) is 37.6 Å². The van der Waals surface area contributed by atoms with Crippen molar-refractivity contribution >= 4 is 5.82 Å². The second-order valence-electron chi connectivity index (χ2n) is 5.34. The van der Waals surface area contributed by atoms with Crippen molar-refractivity contribution in [3.8, 4) is 0 Å². The fourth-order valence-corrected chi connectivity index (χ4v) is 2.65. The fraction of sp³-hybridized carbons (Fsp3) is 0.533. The largest absolute Gasteiger partial charge is 0.354 e. The first-order valence-electron chi connectivity index (χ1n) is 7.61. The van der Waals surface area contributed by atoms with E-state index in [0.29, 0.717) is 0 Å². The van der Waals surface area contributed by atoms with E-state index in [9.17, 15) is 0 Å². The van der Waals surface area contributed by atoms with Crippen LogP contribution in [0.4, 0.5) is 5.82 Å². The third kappa shape index (κ3) is 3.58. The molecule has 1 fully saturated rings. The summed E-state index contributed by atoms with van der Waals surface area (Å²) in [7, 11) is 0. The van der Waals surface area contributed by atoms with Gasteiger partial charge in [-0.05, 0) is 6.42 Å². The van der Waals surface area contributed by atoms with Crippen LogP contribution in [0.2, 0.25) is 0 Å². The molecule has 6 nitrogen and oxygen atoms in total. The van der Waals surface area contributed by atoms with E-state index in [1.54, 1.807) is 6.33 Å². The van der Waals surface area contributed by atoms with Gasteiger partial charge in [0.05, 0.1) is 0 Å². The molecule has 0 spiro atoms. The van der Waals surface area contributed by atoms with Gasteiger partial charge in [-0.1, -0.05) is 6.92 Å². The molecule has 1 aliphatic rings. The number of aromatic amines is 1. The fourth-order valence-electron chi connectivity index (χ4n) is 2.65. The van der Waals surface area contributed by atoms with Crippen molar-refractivity contribution in [3.05, 3.63) is 36.3 Å². The zero-order valence-corrected chi connectivity index (χ0v) is 12.5. The molecule has 2 aromatic heterocycles.